The Labute approximate surface area is 250 Å². The Bertz CT molecular complexity index is 1910. The fourth-order valence-electron chi connectivity index (χ4n) is 5.14. The van der Waals surface area contributed by atoms with Crippen LogP contribution in [0.4, 0.5) is 30.7 Å². The number of aliphatic hydroxyl groups excluding tert-OH is 1. The molecule has 2 heterocycles. The van der Waals surface area contributed by atoms with Crippen LogP contribution >= 0.6 is 0 Å². The zero-order valence-corrected chi connectivity index (χ0v) is 24.0. The Morgan fingerprint density at radius 3 is 2.33 bits per heavy atom. The highest BCUT2D eigenvalue weighted by Gasteiger charge is 2.44. The number of halogens is 7. The predicted octanol–water partition coefficient (Wildman–Crippen LogP) is 5.47. The van der Waals surface area contributed by atoms with Gasteiger partial charge < -0.3 is 14.4 Å². The van der Waals surface area contributed by atoms with Crippen molar-refractivity contribution in [2.45, 2.75) is 30.9 Å². The first-order chi connectivity index (χ1) is 20.9. The third kappa shape index (κ3) is 6.35. The zero-order chi connectivity index (χ0) is 32.9. The zero-order valence-electron chi connectivity index (χ0n) is 23.2. The minimum absolute atomic E-state index is 0.120. The van der Waals surface area contributed by atoms with Gasteiger partial charge in [-0.1, -0.05) is 23.4 Å². The van der Waals surface area contributed by atoms with E-state index in [1.165, 1.54) is 54.2 Å². The number of hydrogen-bond acceptors (Lipinski definition) is 7. The normalized spacial score (nSPS) is 19.1. The highest BCUT2D eigenvalue weighted by Crippen LogP contribution is 2.42. The molecule has 2 unspecified atom stereocenters. The Morgan fingerprint density at radius 1 is 1.07 bits per heavy atom. The molecule has 0 fully saturated rings. The summed E-state index contributed by atoms with van der Waals surface area (Å²) in [6.45, 7) is 0.297. The number of rotatable bonds is 7. The second kappa shape index (κ2) is 11.1. The molecule has 1 N–H and O–H groups in total. The van der Waals surface area contributed by atoms with Crippen LogP contribution in [0.15, 0.2) is 78.0 Å². The van der Waals surface area contributed by atoms with Gasteiger partial charge in [-0.25, -0.2) is 22.5 Å². The van der Waals surface area contributed by atoms with Crippen LogP contribution in [0.25, 0.3) is 16.9 Å². The molecule has 0 saturated heterocycles. The van der Waals surface area contributed by atoms with E-state index >= 15 is 0 Å². The lowest BCUT2D eigenvalue weighted by atomic mass is 9.85. The molecule has 5 rings (SSSR count). The van der Waals surface area contributed by atoms with Gasteiger partial charge in [-0.3, -0.25) is 0 Å². The molecule has 0 radical (unpaired) electrons. The first-order valence-corrected chi connectivity index (χ1v) is 14.7. The van der Waals surface area contributed by atoms with Crippen LogP contribution in [-0.4, -0.2) is 57.3 Å². The van der Waals surface area contributed by atoms with Crippen LogP contribution in [0.5, 0.6) is 5.75 Å². The Hall–Kier alpha value is -4.51. The molecule has 0 amide bonds. The number of aromatic nitrogens is 5. The molecule has 2 atom stereocenters. The van der Waals surface area contributed by atoms with Gasteiger partial charge in [0.25, 0.3) is 0 Å². The molecule has 0 bridgehead atoms. The molecule has 238 valence electrons. The summed E-state index contributed by atoms with van der Waals surface area (Å²) in [7, 11) is -4.18. The number of nitrogens with zero attached hydrogens (tertiary/aromatic N) is 5. The summed E-state index contributed by atoms with van der Waals surface area (Å²) in [5, 5.41) is 18.2. The number of sulfone groups is 1. The largest absolute Gasteiger partial charge is 0.573 e. The van der Waals surface area contributed by atoms with Gasteiger partial charge in [0.2, 0.25) is 0 Å². The molecule has 45 heavy (non-hydrogen) atoms. The van der Waals surface area contributed by atoms with Crippen molar-refractivity contribution in [2.75, 3.05) is 12.9 Å². The number of alkyl halides is 6. The Balaban J connectivity index is 1.55. The number of hydrogen-bond donors (Lipinski definition) is 1. The quantitative estimate of drug-likeness (QED) is 0.207. The Morgan fingerprint density at radius 2 is 1.76 bits per heavy atom. The maximum Gasteiger partial charge on any atom is 0.573 e. The highest BCUT2D eigenvalue weighted by atomic mass is 32.2. The van der Waals surface area contributed by atoms with E-state index in [1.54, 1.807) is 0 Å². The number of imidazole rings is 1. The highest BCUT2D eigenvalue weighted by molar-refractivity contribution is 7.94. The summed E-state index contributed by atoms with van der Waals surface area (Å²) in [5.41, 5.74) is -2.29. The van der Waals surface area contributed by atoms with Gasteiger partial charge in [-0.2, -0.15) is 13.2 Å². The van der Waals surface area contributed by atoms with E-state index in [0.717, 1.165) is 35.1 Å². The fraction of sp³-hybridized carbons (Fsp3) is 0.250. The van der Waals surface area contributed by atoms with Gasteiger partial charge in [-0.15, -0.1) is 18.3 Å². The van der Waals surface area contributed by atoms with Crippen molar-refractivity contribution < 1.29 is 49.0 Å². The second-order valence-electron chi connectivity index (χ2n) is 10.2. The molecule has 2 aromatic carbocycles. The fourth-order valence-corrected chi connectivity index (χ4v) is 6.41. The molecule has 0 aliphatic heterocycles. The molecule has 9 nitrogen and oxygen atoms in total. The third-order valence-electron chi connectivity index (χ3n) is 7.05. The van der Waals surface area contributed by atoms with Crippen LogP contribution in [0, 0.1) is 12.7 Å². The average molecular weight is 658 g/mol. The molecule has 2 aromatic heterocycles. The topological polar surface area (TPSA) is 112 Å². The molecule has 0 spiro atoms. The van der Waals surface area contributed by atoms with Crippen molar-refractivity contribution >= 4 is 9.84 Å². The lowest BCUT2D eigenvalue weighted by molar-refractivity contribution is -0.274. The van der Waals surface area contributed by atoms with Crippen LogP contribution in [-0.2, 0) is 21.6 Å². The van der Waals surface area contributed by atoms with Crippen LogP contribution in [0.2, 0.25) is 0 Å². The summed E-state index contributed by atoms with van der Waals surface area (Å²) in [6.07, 6.45) is -3.12. The lowest BCUT2D eigenvalue weighted by Crippen LogP contribution is -2.42. The number of benzene rings is 2. The number of aryl methyl sites for hydroxylation is 1. The SMILES string of the molecule is Cc1nc(C(F)(F)F)cn1C1(CO)C=CC(c2cc(F)cc(-n3nncc3-c3ccc(OC(F)(F)F)cc3)c2)C=C1S(C)(=O)=O. The monoisotopic (exact) mass is 657 g/mol. The number of ether oxygens (including phenoxy) is 1. The van der Waals surface area contributed by atoms with E-state index in [0.29, 0.717) is 11.8 Å². The first-order valence-electron chi connectivity index (χ1n) is 12.9. The van der Waals surface area contributed by atoms with E-state index in [4.69, 9.17) is 0 Å². The molecule has 0 saturated carbocycles. The predicted molar refractivity (Wildman–Crippen MR) is 145 cm³/mol. The summed E-state index contributed by atoms with van der Waals surface area (Å²) in [6, 6.07) is 8.47. The van der Waals surface area contributed by atoms with Crippen LogP contribution in [0.3, 0.4) is 0 Å². The van der Waals surface area contributed by atoms with Crippen LogP contribution in [0.1, 0.15) is 23.0 Å². The van der Waals surface area contributed by atoms with Crippen molar-refractivity contribution in [2.24, 2.45) is 0 Å². The molecular formula is C28H22F7N5O4S. The maximum absolute atomic E-state index is 15.0. The summed E-state index contributed by atoms with van der Waals surface area (Å²) >= 11 is 0. The van der Waals surface area contributed by atoms with Gasteiger partial charge in [0.1, 0.15) is 22.9 Å². The van der Waals surface area contributed by atoms with Crippen molar-refractivity contribution in [3.8, 4) is 22.7 Å². The van der Waals surface area contributed by atoms with Gasteiger partial charge in [0, 0.05) is 23.9 Å². The average Bonchev–Trinajstić information content (AvgIpc) is 3.59. The van der Waals surface area contributed by atoms with Gasteiger partial charge in [-0.05, 0) is 55.0 Å². The maximum atomic E-state index is 15.0. The van der Waals surface area contributed by atoms with E-state index in [1.807, 2.05) is 0 Å². The summed E-state index contributed by atoms with van der Waals surface area (Å²) in [5.74, 6) is -2.37. The van der Waals surface area contributed by atoms with E-state index in [-0.39, 0.29) is 22.8 Å². The Kier molecular flexibility index (Phi) is 7.89. The standard InChI is InChI=1S/C28H22F7N5O4S/c1-16-37-24(27(30,31)32)14-39(16)26(15-41)8-7-18(11-25(26)45(2,42)43)19-9-20(29)12-21(10-19)40-23(13-36-38-40)17-3-5-22(6-4-17)44-28(33,34)35/h3-14,18,41H,15H2,1-2H3. The number of allylic oxidation sites excluding steroid dienone is 2. The minimum Gasteiger partial charge on any atom is -0.406 e. The van der Waals surface area contributed by atoms with Gasteiger partial charge in [0.15, 0.2) is 15.5 Å². The third-order valence-corrected chi connectivity index (χ3v) is 8.34. The number of aliphatic hydroxyl groups is 1. The smallest absolute Gasteiger partial charge is 0.406 e. The second-order valence-corrected chi connectivity index (χ2v) is 12.1. The van der Waals surface area contributed by atoms with E-state index in [9.17, 15) is 44.3 Å². The molecular weight excluding hydrogens is 635 g/mol. The molecule has 1 aliphatic rings. The van der Waals surface area contributed by atoms with Gasteiger partial charge >= 0.3 is 12.5 Å². The molecule has 4 aromatic rings. The minimum atomic E-state index is -4.89. The van der Waals surface area contributed by atoms with E-state index < -0.39 is 62.6 Å². The summed E-state index contributed by atoms with van der Waals surface area (Å²) < 4.78 is 125. The van der Waals surface area contributed by atoms with Crippen molar-refractivity contribution in [3.05, 3.63) is 101 Å². The van der Waals surface area contributed by atoms with Crippen LogP contribution < -0.4 is 4.74 Å². The van der Waals surface area contributed by atoms with Crippen molar-refractivity contribution in [3.63, 3.8) is 0 Å². The molecule has 17 heteroatoms. The summed E-state index contributed by atoms with van der Waals surface area (Å²) in [4.78, 5) is 3.06. The van der Waals surface area contributed by atoms with Gasteiger partial charge in [0.05, 0.1) is 29.1 Å². The van der Waals surface area contributed by atoms with Crippen molar-refractivity contribution in [1.82, 2.24) is 24.5 Å². The lowest BCUT2D eigenvalue weighted by Gasteiger charge is -2.36. The molecule has 1 aliphatic carbocycles. The first kappa shape index (κ1) is 31.9. The van der Waals surface area contributed by atoms with Crippen molar-refractivity contribution in [1.29, 1.82) is 0 Å². The van der Waals surface area contributed by atoms with E-state index in [2.05, 4.69) is 20.0 Å².